The zero-order valence-corrected chi connectivity index (χ0v) is 19.0. The van der Waals surface area contributed by atoms with Crippen molar-refractivity contribution in [3.8, 4) is 17.2 Å². The number of ether oxygens (including phenoxy) is 3. The molecule has 2 N–H and O–H groups in total. The molecule has 3 aromatic rings. The zero-order chi connectivity index (χ0) is 25.0. The average molecular weight is 476 g/mol. The molecule has 4 rings (SSSR count). The number of carbonyl (C=O) groups is 3. The predicted molar refractivity (Wildman–Crippen MR) is 125 cm³/mol. The van der Waals surface area contributed by atoms with Crippen LogP contribution in [0, 0.1) is 0 Å². The lowest BCUT2D eigenvalue weighted by Gasteiger charge is -2.46. The fourth-order valence-electron chi connectivity index (χ4n) is 3.89. The number of phenolic OH excluding ortho intramolecular Hbond substituents is 1. The quantitative estimate of drug-likeness (QED) is 0.355. The Morgan fingerprint density at radius 2 is 1.66 bits per heavy atom. The minimum atomic E-state index is -1.30. The number of hydrogen-bond acceptors (Lipinski definition) is 8. The van der Waals surface area contributed by atoms with E-state index in [4.69, 9.17) is 14.2 Å². The van der Waals surface area contributed by atoms with Crippen LogP contribution in [-0.2, 0) is 14.3 Å². The summed E-state index contributed by atoms with van der Waals surface area (Å²) in [6, 6.07) is 19.2. The van der Waals surface area contributed by atoms with Crippen molar-refractivity contribution in [2.24, 2.45) is 0 Å². The highest BCUT2D eigenvalue weighted by molar-refractivity contribution is 6.10. The van der Waals surface area contributed by atoms with Gasteiger partial charge in [-0.05, 0) is 43.3 Å². The molecule has 1 fully saturated rings. The fraction of sp³-hybridized carbons (Fsp3) is 0.222. The highest BCUT2D eigenvalue weighted by Gasteiger charge is 2.54. The van der Waals surface area contributed by atoms with Crippen molar-refractivity contribution in [1.29, 1.82) is 0 Å². The Labute approximate surface area is 201 Å². The van der Waals surface area contributed by atoms with Crippen LogP contribution in [0.15, 0.2) is 72.8 Å². The summed E-state index contributed by atoms with van der Waals surface area (Å²) in [5, 5.41) is 19.6. The predicted octanol–water partition coefficient (Wildman–Crippen LogP) is 3.68. The van der Waals surface area contributed by atoms with Gasteiger partial charge < -0.3 is 24.4 Å². The van der Waals surface area contributed by atoms with Crippen LogP contribution in [0.2, 0.25) is 0 Å². The van der Waals surface area contributed by atoms with Crippen molar-refractivity contribution in [2.75, 3.05) is 13.2 Å². The van der Waals surface area contributed by atoms with Crippen molar-refractivity contribution in [3.05, 3.63) is 89.5 Å². The van der Waals surface area contributed by atoms with Crippen LogP contribution >= 0.6 is 0 Å². The summed E-state index contributed by atoms with van der Waals surface area (Å²) < 4.78 is 16.5. The largest absolute Gasteiger partial charge is 0.507 e. The molecule has 3 aromatic carbocycles. The summed E-state index contributed by atoms with van der Waals surface area (Å²) in [5.74, 6) is -0.745. The SMILES string of the molecule is CC(=O)C1(CCO)OCC1OC(=O)c1ccc(Oc2ccc(C(=O)c3ccccc3)c(O)c2)cc1. The van der Waals surface area contributed by atoms with Crippen molar-refractivity contribution in [3.63, 3.8) is 0 Å². The minimum Gasteiger partial charge on any atom is -0.507 e. The fourth-order valence-corrected chi connectivity index (χ4v) is 3.89. The lowest BCUT2D eigenvalue weighted by molar-refractivity contribution is -0.234. The highest BCUT2D eigenvalue weighted by atomic mass is 16.6. The summed E-state index contributed by atoms with van der Waals surface area (Å²) in [4.78, 5) is 37.1. The zero-order valence-electron chi connectivity index (χ0n) is 19.0. The molecule has 8 heteroatoms. The standard InChI is InChI=1S/C27H24O8/c1-17(29)27(13-14-28)24(16-33-27)35-26(32)19-7-9-20(10-8-19)34-21-11-12-22(23(30)15-21)25(31)18-5-3-2-4-6-18/h2-12,15,24,28,30H,13-14,16H2,1H3. The normalized spacial score (nSPS) is 18.9. The molecule has 0 aliphatic carbocycles. The number of ketones is 2. The number of aliphatic hydroxyl groups is 1. The molecule has 0 amide bonds. The summed E-state index contributed by atoms with van der Waals surface area (Å²) >= 11 is 0. The van der Waals surface area contributed by atoms with Gasteiger partial charge in [-0.25, -0.2) is 4.79 Å². The van der Waals surface area contributed by atoms with E-state index in [1.807, 2.05) is 0 Å². The second-order valence-electron chi connectivity index (χ2n) is 8.12. The van der Waals surface area contributed by atoms with Crippen LogP contribution in [0.1, 0.15) is 39.6 Å². The molecule has 35 heavy (non-hydrogen) atoms. The molecule has 1 heterocycles. The first-order valence-electron chi connectivity index (χ1n) is 11.0. The Morgan fingerprint density at radius 3 is 2.23 bits per heavy atom. The van der Waals surface area contributed by atoms with Crippen molar-refractivity contribution in [2.45, 2.75) is 25.0 Å². The molecule has 2 atom stereocenters. The number of hydrogen-bond donors (Lipinski definition) is 2. The van der Waals surface area contributed by atoms with Crippen molar-refractivity contribution in [1.82, 2.24) is 0 Å². The molecule has 1 aliphatic heterocycles. The van der Waals surface area contributed by atoms with Crippen LogP contribution in [0.25, 0.3) is 0 Å². The number of esters is 1. The van der Waals surface area contributed by atoms with E-state index >= 15 is 0 Å². The van der Waals surface area contributed by atoms with E-state index in [-0.39, 0.29) is 48.1 Å². The second-order valence-corrected chi connectivity index (χ2v) is 8.12. The maximum Gasteiger partial charge on any atom is 0.338 e. The molecule has 0 spiro atoms. The molecular weight excluding hydrogens is 452 g/mol. The first-order chi connectivity index (χ1) is 16.8. The van der Waals surface area contributed by atoms with Gasteiger partial charge in [-0.3, -0.25) is 9.59 Å². The number of phenols is 1. The third-order valence-electron chi connectivity index (χ3n) is 5.92. The van der Waals surface area contributed by atoms with Gasteiger partial charge in [0, 0.05) is 24.7 Å². The van der Waals surface area contributed by atoms with Gasteiger partial charge in [-0.1, -0.05) is 30.3 Å². The molecular formula is C27H24O8. The topological polar surface area (TPSA) is 119 Å². The van der Waals surface area contributed by atoms with E-state index in [1.54, 1.807) is 48.5 Å². The number of aromatic hydroxyl groups is 1. The van der Waals surface area contributed by atoms with Crippen LogP contribution in [0.5, 0.6) is 17.2 Å². The minimum absolute atomic E-state index is 0.0512. The second kappa shape index (κ2) is 10.1. The summed E-state index contributed by atoms with van der Waals surface area (Å²) in [7, 11) is 0. The maximum absolute atomic E-state index is 12.6. The van der Waals surface area contributed by atoms with E-state index < -0.39 is 17.7 Å². The molecule has 0 aromatic heterocycles. The van der Waals surface area contributed by atoms with Gasteiger partial charge >= 0.3 is 5.97 Å². The molecule has 0 saturated carbocycles. The van der Waals surface area contributed by atoms with Gasteiger partial charge in [0.2, 0.25) is 0 Å². The van der Waals surface area contributed by atoms with E-state index in [1.165, 1.54) is 31.2 Å². The Bertz CT molecular complexity index is 1240. The lowest BCUT2D eigenvalue weighted by atomic mass is 9.84. The molecule has 0 bridgehead atoms. The number of Topliss-reactive ketones (excluding diaryl/α,β-unsaturated/α-hetero) is 1. The lowest BCUT2D eigenvalue weighted by Crippen LogP contribution is -2.64. The van der Waals surface area contributed by atoms with Gasteiger partial charge in [0.1, 0.15) is 17.2 Å². The molecule has 8 nitrogen and oxygen atoms in total. The molecule has 1 aliphatic rings. The van der Waals surface area contributed by atoms with Gasteiger partial charge in [0.25, 0.3) is 0 Å². The summed E-state index contributed by atoms with van der Waals surface area (Å²) in [6.45, 7) is 1.15. The molecule has 2 unspecified atom stereocenters. The smallest absolute Gasteiger partial charge is 0.338 e. The number of benzene rings is 3. The van der Waals surface area contributed by atoms with Crippen molar-refractivity contribution >= 4 is 17.5 Å². The van der Waals surface area contributed by atoms with Crippen molar-refractivity contribution < 1.29 is 38.8 Å². The van der Waals surface area contributed by atoms with E-state index in [2.05, 4.69) is 0 Å². The maximum atomic E-state index is 12.6. The van der Waals surface area contributed by atoms with E-state index in [9.17, 15) is 24.6 Å². The van der Waals surface area contributed by atoms with E-state index in [0.29, 0.717) is 17.1 Å². The number of rotatable bonds is 9. The van der Waals surface area contributed by atoms with Gasteiger partial charge in [0.05, 0.1) is 17.7 Å². The Morgan fingerprint density at radius 1 is 0.971 bits per heavy atom. The van der Waals surface area contributed by atoms with E-state index in [0.717, 1.165) is 0 Å². The van der Waals surface area contributed by atoms with Crippen LogP contribution in [-0.4, -0.2) is 52.7 Å². The summed E-state index contributed by atoms with van der Waals surface area (Å²) in [6.07, 6.45) is -0.717. The monoisotopic (exact) mass is 476 g/mol. The highest BCUT2D eigenvalue weighted by Crippen LogP contribution is 2.35. The summed E-state index contributed by atoms with van der Waals surface area (Å²) in [5.41, 5.74) is -0.435. The number of aliphatic hydroxyl groups excluding tert-OH is 1. The third kappa shape index (κ3) is 4.94. The Balaban J connectivity index is 1.40. The van der Waals surface area contributed by atoms with Gasteiger partial charge in [0.15, 0.2) is 23.3 Å². The first kappa shape index (κ1) is 24.1. The Kier molecular flexibility index (Phi) is 6.95. The molecule has 0 radical (unpaired) electrons. The van der Waals surface area contributed by atoms with Crippen LogP contribution < -0.4 is 4.74 Å². The Hall–Kier alpha value is -4.01. The third-order valence-corrected chi connectivity index (χ3v) is 5.92. The van der Waals surface area contributed by atoms with Crippen LogP contribution in [0.4, 0.5) is 0 Å². The van der Waals surface area contributed by atoms with Crippen LogP contribution in [0.3, 0.4) is 0 Å². The molecule has 1 saturated heterocycles. The average Bonchev–Trinajstić information content (AvgIpc) is 2.85. The molecule has 180 valence electrons. The number of carbonyl (C=O) groups excluding carboxylic acids is 3. The van der Waals surface area contributed by atoms with Gasteiger partial charge in [-0.2, -0.15) is 0 Å². The first-order valence-corrected chi connectivity index (χ1v) is 11.0. The van der Waals surface area contributed by atoms with Gasteiger partial charge in [-0.15, -0.1) is 0 Å².